The summed E-state index contributed by atoms with van der Waals surface area (Å²) in [7, 11) is -3.35. The van der Waals surface area contributed by atoms with Crippen LogP contribution in [0.25, 0.3) is 0 Å². The topological polar surface area (TPSA) is 103 Å². The fourth-order valence-electron chi connectivity index (χ4n) is 2.86. The number of carboxylic acids is 1. The number of hydrogen-bond acceptors (Lipinski definition) is 5. The lowest BCUT2D eigenvalue weighted by molar-refractivity contribution is -0.138. The number of H-pyrrole nitrogens is 1. The SMILES string of the molecule is CC1(c2[nH]ncc2S(C)(=O)=O)CCCN(CC(=O)O)C1. The first-order valence-electron chi connectivity index (χ1n) is 6.40. The average molecular weight is 301 g/mol. The van der Waals surface area contributed by atoms with Crippen molar-refractivity contribution in [2.45, 2.75) is 30.1 Å². The van der Waals surface area contributed by atoms with Crippen LogP contribution in [0.15, 0.2) is 11.1 Å². The molecule has 112 valence electrons. The second-order valence-electron chi connectivity index (χ2n) is 5.65. The Hall–Kier alpha value is -1.41. The highest BCUT2D eigenvalue weighted by molar-refractivity contribution is 7.90. The third-order valence-electron chi connectivity index (χ3n) is 3.74. The van der Waals surface area contributed by atoms with Crippen molar-refractivity contribution in [2.75, 3.05) is 25.9 Å². The van der Waals surface area contributed by atoms with Crippen LogP contribution in [-0.4, -0.2) is 60.5 Å². The lowest BCUT2D eigenvalue weighted by Gasteiger charge is -2.39. The van der Waals surface area contributed by atoms with E-state index in [0.29, 0.717) is 18.8 Å². The third-order valence-corrected chi connectivity index (χ3v) is 4.85. The molecule has 0 saturated carbocycles. The Bertz CT molecular complexity index is 610. The number of aliphatic carboxylic acids is 1. The van der Waals surface area contributed by atoms with Crippen molar-refractivity contribution in [3.63, 3.8) is 0 Å². The molecule has 0 radical (unpaired) electrons. The van der Waals surface area contributed by atoms with Gasteiger partial charge in [0.15, 0.2) is 9.84 Å². The fourth-order valence-corrected chi connectivity index (χ4v) is 3.77. The molecular formula is C12H19N3O4S. The van der Waals surface area contributed by atoms with Crippen LogP contribution >= 0.6 is 0 Å². The zero-order valence-electron chi connectivity index (χ0n) is 11.6. The number of aromatic amines is 1. The fraction of sp³-hybridized carbons (Fsp3) is 0.667. The molecule has 0 aromatic carbocycles. The summed E-state index contributed by atoms with van der Waals surface area (Å²) < 4.78 is 23.6. The van der Waals surface area contributed by atoms with Gasteiger partial charge >= 0.3 is 5.97 Å². The molecule has 1 aromatic rings. The first-order chi connectivity index (χ1) is 9.22. The first-order valence-corrected chi connectivity index (χ1v) is 8.29. The van der Waals surface area contributed by atoms with Crippen LogP contribution in [0, 0.1) is 0 Å². The second kappa shape index (κ2) is 5.17. The molecule has 1 aliphatic rings. The van der Waals surface area contributed by atoms with Crippen molar-refractivity contribution in [3.05, 3.63) is 11.9 Å². The Labute approximate surface area is 117 Å². The normalized spacial score (nSPS) is 24.7. The van der Waals surface area contributed by atoms with Gasteiger partial charge in [-0.15, -0.1) is 0 Å². The van der Waals surface area contributed by atoms with Crippen LogP contribution in [0.1, 0.15) is 25.5 Å². The molecule has 1 aliphatic heterocycles. The van der Waals surface area contributed by atoms with Gasteiger partial charge in [-0.1, -0.05) is 6.92 Å². The number of rotatable bonds is 4. The molecule has 2 rings (SSSR count). The van der Waals surface area contributed by atoms with Gasteiger partial charge in [0.05, 0.1) is 18.4 Å². The largest absolute Gasteiger partial charge is 0.480 e. The summed E-state index contributed by atoms with van der Waals surface area (Å²) in [6.07, 6.45) is 4.11. The molecule has 7 nitrogen and oxygen atoms in total. The van der Waals surface area contributed by atoms with Crippen LogP contribution in [0.3, 0.4) is 0 Å². The van der Waals surface area contributed by atoms with Crippen LogP contribution in [0.2, 0.25) is 0 Å². The molecule has 1 aromatic heterocycles. The predicted molar refractivity (Wildman–Crippen MR) is 72.4 cm³/mol. The lowest BCUT2D eigenvalue weighted by atomic mass is 9.79. The number of sulfone groups is 1. The van der Waals surface area contributed by atoms with Crippen LogP contribution in [0.5, 0.6) is 0 Å². The van der Waals surface area contributed by atoms with Gasteiger partial charge in [0.2, 0.25) is 0 Å². The van der Waals surface area contributed by atoms with E-state index in [1.165, 1.54) is 6.20 Å². The van der Waals surface area contributed by atoms with E-state index in [2.05, 4.69) is 10.2 Å². The number of aromatic nitrogens is 2. The maximum atomic E-state index is 11.8. The molecule has 2 N–H and O–H groups in total. The van der Waals surface area contributed by atoms with Crippen molar-refractivity contribution in [1.29, 1.82) is 0 Å². The maximum Gasteiger partial charge on any atom is 0.317 e. The molecule has 20 heavy (non-hydrogen) atoms. The molecule has 2 heterocycles. The highest BCUT2D eigenvalue weighted by atomic mass is 32.2. The van der Waals surface area contributed by atoms with Gasteiger partial charge < -0.3 is 5.11 Å². The van der Waals surface area contributed by atoms with Gasteiger partial charge in [0.1, 0.15) is 4.90 Å². The molecule has 0 amide bonds. The number of nitrogens with zero attached hydrogens (tertiary/aromatic N) is 2. The number of nitrogens with one attached hydrogen (secondary N) is 1. The van der Waals surface area contributed by atoms with Gasteiger partial charge in [-0.2, -0.15) is 5.10 Å². The monoisotopic (exact) mass is 301 g/mol. The molecule has 1 fully saturated rings. The van der Waals surface area contributed by atoms with Gasteiger partial charge in [0.25, 0.3) is 0 Å². The minimum atomic E-state index is -3.35. The number of carboxylic acid groups (broad SMARTS) is 1. The Morgan fingerprint density at radius 3 is 2.90 bits per heavy atom. The van der Waals surface area contributed by atoms with Crippen molar-refractivity contribution < 1.29 is 18.3 Å². The van der Waals surface area contributed by atoms with Crippen LogP contribution in [0.4, 0.5) is 0 Å². The Morgan fingerprint density at radius 2 is 2.30 bits per heavy atom. The number of likely N-dealkylation sites (tertiary alicyclic amines) is 1. The molecular weight excluding hydrogens is 282 g/mol. The summed E-state index contributed by atoms with van der Waals surface area (Å²) in [6.45, 7) is 3.13. The number of piperidine rings is 1. The van der Waals surface area contributed by atoms with E-state index in [1.54, 1.807) is 0 Å². The standard InChI is InChI=1S/C12H19N3O4S/c1-12(4-3-5-15(8-12)7-10(16)17)11-9(6-13-14-11)20(2,18)19/h6H,3-5,7-8H2,1-2H3,(H,13,14)(H,16,17). The zero-order chi connectivity index (χ0) is 15.0. The first kappa shape index (κ1) is 15.0. The van der Waals surface area contributed by atoms with Crippen molar-refractivity contribution in [2.24, 2.45) is 0 Å². The lowest BCUT2D eigenvalue weighted by Crippen LogP contribution is -2.46. The molecule has 1 unspecified atom stereocenters. The summed E-state index contributed by atoms with van der Waals surface area (Å²) in [5.41, 5.74) is 0.151. The van der Waals surface area contributed by atoms with E-state index in [0.717, 1.165) is 19.1 Å². The van der Waals surface area contributed by atoms with Crippen LogP contribution in [-0.2, 0) is 20.0 Å². The summed E-state index contributed by atoms with van der Waals surface area (Å²) >= 11 is 0. The second-order valence-corrected chi connectivity index (χ2v) is 7.63. The Balaban J connectivity index is 2.31. The van der Waals surface area contributed by atoms with Crippen molar-refractivity contribution >= 4 is 15.8 Å². The molecule has 1 saturated heterocycles. The molecule has 0 aliphatic carbocycles. The summed E-state index contributed by atoms with van der Waals surface area (Å²) in [6, 6.07) is 0. The third kappa shape index (κ3) is 3.01. The van der Waals surface area contributed by atoms with Gasteiger partial charge in [-0.3, -0.25) is 14.8 Å². The van der Waals surface area contributed by atoms with Crippen molar-refractivity contribution in [3.8, 4) is 0 Å². The maximum absolute atomic E-state index is 11.8. The quantitative estimate of drug-likeness (QED) is 0.826. The van der Waals surface area contributed by atoms with Crippen molar-refractivity contribution in [1.82, 2.24) is 15.1 Å². The Morgan fingerprint density at radius 1 is 1.60 bits per heavy atom. The summed E-state index contributed by atoms with van der Waals surface area (Å²) in [4.78, 5) is 12.9. The van der Waals surface area contributed by atoms with E-state index >= 15 is 0 Å². The minimum Gasteiger partial charge on any atom is -0.480 e. The highest BCUT2D eigenvalue weighted by Gasteiger charge is 2.38. The highest BCUT2D eigenvalue weighted by Crippen LogP contribution is 2.35. The van der Waals surface area contributed by atoms with E-state index in [-0.39, 0.29) is 11.4 Å². The Kier molecular flexibility index (Phi) is 3.88. The smallest absolute Gasteiger partial charge is 0.317 e. The van der Waals surface area contributed by atoms with E-state index in [4.69, 9.17) is 5.11 Å². The zero-order valence-corrected chi connectivity index (χ0v) is 12.4. The predicted octanol–water partition coefficient (Wildman–Crippen LogP) is 0.251. The van der Waals surface area contributed by atoms with E-state index < -0.39 is 21.2 Å². The molecule has 1 atom stereocenters. The van der Waals surface area contributed by atoms with Gasteiger partial charge in [-0.05, 0) is 19.4 Å². The minimum absolute atomic E-state index is 0.0298. The van der Waals surface area contributed by atoms with Gasteiger partial charge in [0, 0.05) is 18.2 Å². The molecule has 0 bridgehead atoms. The summed E-state index contributed by atoms with van der Waals surface area (Å²) in [5, 5.41) is 15.5. The van der Waals surface area contributed by atoms with E-state index in [9.17, 15) is 13.2 Å². The van der Waals surface area contributed by atoms with E-state index in [1.807, 2.05) is 11.8 Å². The van der Waals surface area contributed by atoms with Crippen LogP contribution < -0.4 is 0 Å². The number of hydrogen-bond donors (Lipinski definition) is 2. The summed E-state index contributed by atoms with van der Waals surface area (Å²) in [5.74, 6) is -0.873. The number of carbonyl (C=O) groups is 1. The van der Waals surface area contributed by atoms with Gasteiger partial charge in [-0.25, -0.2) is 8.42 Å². The molecule has 0 spiro atoms. The average Bonchev–Trinajstić information content (AvgIpc) is 2.76. The molecule has 8 heteroatoms.